The highest BCUT2D eigenvalue weighted by atomic mass is 16.6. The summed E-state index contributed by atoms with van der Waals surface area (Å²) in [7, 11) is 0. The Balaban J connectivity index is 1.17. The van der Waals surface area contributed by atoms with Gasteiger partial charge in [0.05, 0.1) is 70.5 Å². The second-order valence-electron chi connectivity index (χ2n) is 7.99. The van der Waals surface area contributed by atoms with E-state index in [4.69, 9.17) is 40.9 Å². The third-order valence-corrected chi connectivity index (χ3v) is 5.89. The van der Waals surface area contributed by atoms with Gasteiger partial charge < -0.3 is 51.1 Å². The highest BCUT2D eigenvalue weighted by Gasteiger charge is 2.42. The van der Waals surface area contributed by atoms with Crippen molar-refractivity contribution in [3.63, 3.8) is 0 Å². The first kappa shape index (κ1) is 24.9. The Bertz CT molecular complexity index is 707. The Labute approximate surface area is 188 Å². The molecule has 182 valence electrons. The predicted octanol–water partition coefficient (Wildman–Crippen LogP) is -0.490. The Morgan fingerprint density at radius 1 is 0.750 bits per heavy atom. The maximum Gasteiger partial charge on any atom is 0.200 e. The predicted molar refractivity (Wildman–Crippen MR) is 116 cm³/mol. The van der Waals surface area contributed by atoms with E-state index >= 15 is 0 Å². The van der Waals surface area contributed by atoms with Crippen LogP contribution < -0.4 is 17.2 Å². The van der Waals surface area contributed by atoms with Gasteiger partial charge in [-0.1, -0.05) is 12.2 Å². The molecule has 32 heavy (non-hydrogen) atoms. The van der Waals surface area contributed by atoms with Crippen LogP contribution in [0, 0.1) is 5.41 Å². The number of hydrogen-bond acceptors (Lipinski definition) is 10. The van der Waals surface area contributed by atoms with Crippen molar-refractivity contribution in [2.75, 3.05) is 72.5 Å². The molecule has 0 saturated carbocycles. The van der Waals surface area contributed by atoms with E-state index in [1.807, 2.05) is 12.2 Å². The number of rotatable bonds is 17. The molecule has 1 aromatic heterocycles. The van der Waals surface area contributed by atoms with E-state index in [0.717, 1.165) is 0 Å². The summed E-state index contributed by atoms with van der Waals surface area (Å²) in [6.45, 7) is 4.88. The molecule has 0 spiro atoms. The molecule has 2 unspecified atom stereocenters. The van der Waals surface area contributed by atoms with Crippen LogP contribution in [0.4, 0.5) is 0 Å². The molecule has 3 heterocycles. The molecule has 0 saturated heterocycles. The standard InChI is InChI=1S/C21H36N4O7/c22-11-21(12-23,13-24)14-31-10-9-30-8-7-29-6-5-28-4-3-25-19(26)17-15-1-2-16(32-15)18(17)20(25)27/h1-2,15-16,26-27H,3-14,22-24H2. The van der Waals surface area contributed by atoms with E-state index < -0.39 is 0 Å². The normalized spacial score (nSPS) is 19.2. The SMILES string of the molecule is NCC(CN)(CN)COCCOCCOCCOCCn1c(O)c2c(c1O)C1C=CC2O1. The zero-order valence-electron chi connectivity index (χ0n) is 18.4. The van der Waals surface area contributed by atoms with E-state index in [1.165, 1.54) is 4.57 Å². The van der Waals surface area contributed by atoms with Crippen LogP contribution in [0.15, 0.2) is 12.2 Å². The van der Waals surface area contributed by atoms with Crippen LogP contribution in [0.25, 0.3) is 0 Å². The van der Waals surface area contributed by atoms with Crippen molar-refractivity contribution < 1.29 is 33.9 Å². The summed E-state index contributed by atoms with van der Waals surface area (Å²) in [6, 6.07) is 0. The third-order valence-electron chi connectivity index (χ3n) is 5.89. The van der Waals surface area contributed by atoms with Gasteiger partial charge in [-0.3, -0.25) is 4.57 Å². The number of hydrogen-bond donors (Lipinski definition) is 5. The first-order valence-electron chi connectivity index (χ1n) is 11.0. The number of aromatic nitrogens is 1. The van der Waals surface area contributed by atoms with Gasteiger partial charge in [-0.05, 0) is 0 Å². The van der Waals surface area contributed by atoms with Crippen molar-refractivity contribution in [3.05, 3.63) is 23.3 Å². The summed E-state index contributed by atoms with van der Waals surface area (Å²) in [5.41, 5.74) is 18.1. The van der Waals surface area contributed by atoms with Gasteiger partial charge in [0.15, 0.2) is 0 Å². The smallest absolute Gasteiger partial charge is 0.200 e. The minimum Gasteiger partial charge on any atom is -0.494 e. The van der Waals surface area contributed by atoms with Crippen LogP contribution in [-0.4, -0.2) is 87.3 Å². The molecular formula is C21H36N4O7. The van der Waals surface area contributed by atoms with E-state index in [1.54, 1.807) is 0 Å². The molecule has 0 radical (unpaired) electrons. The second kappa shape index (κ2) is 12.0. The molecule has 3 rings (SSSR count). The van der Waals surface area contributed by atoms with Crippen LogP contribution in [0.3, 0.4) is 0 Å². The molecule has 1 aromatic rings. The van der Waals surface area contributed by atoms with Crippen molar-refractivity contribution in [1.29, 1.82) is 0 Å². The molecule has 2 bridgehead atoms. The van der Waals surface area contributed by atoms with Gasteiger partial charge in [0.25, 0.3) is 0 Å². The van der Waals surface area contributed by atoms with Crippen molar-refractivity contribution in [3.8, 4) is 11.8 Å². The molecule has 11 nitrogen and oxygen atoms in total. The second-order valence-corrected chi connectivity index (χ2v) is 7.99. The molecule has 0 amide bonds. The van der Waals surface area contributed by atoms with Crippen molar-refractivity contribution in [1.82, 2.24) is 4.57 Å². The molecule has 2 aliphatic rings. The van der Waals surface area contributed by atoms with Crippen molar-refractivity contribution >= 4 is 0 Å². The zero-order chi connectivity index (χ0) is 23.0. The lowest BCUT2D eigenvalue weighted by molar-refractivity contribution is -0.0144. The van der Waals surface area contributed by atoms with Gasteiger partial charge in [0.2, 0.25) is 11.8 Å². The first-order valence-corrected chi connectivity index (χ1v) is 11.0. The lowest BCUT2D eigenvalue weighted by Crippen LogP contribution is -2.47. The molecule has 8 N–H and O–H groups in total. The zero-order valence-corrected chi connectivity index (χ0v) is 18.4. The summed E-state index contributed by atoms with van der Waals surface area (Å²) in [5.74, 6) is 0.0743. The monoisotopic (exact) mass is 456 g/mol. The minimum atomic E-state index is -0.368. The topological polar surface area (TPSA) is 170 Å². The van der Waals surface area contributed by atoms with E-state index in [9.17, 15) is 10.2 Å². The lowest BCUT2D eigenvalue weighted by atomic mass is 9.89. The van der Waals surface area contributed by atoms with Gasteiger partial charge in [-0.25, -0.2) is 0 Å². The summed E-state index contributed by atoms with van der Waals surface area (Å²) < 4.78 is 29.1. The fourth-order valence-corrected chi connectivity index (χ4v) is 3.71. The quantitative estimate of drug-likeness (QED) is 0.152. The Hall–Kier alpha value is -1.70. The Morgan fingerprint density at radius 2 is 1.19 bits per heavy atom. The fraction of sp³-hybridized carbons (Fsp3) is 0.714. The maximum absolute atomic E-state index is 10.4. The number of nitrogens with zero attached hydrogens (tertiary/aromatic N) is 1. The molecule has 11 heteroatoms. The van der Waals surface area contributed by atoms with Gasteiger partial charge in [-0.15, -0.1) is 0 Å². The lowest BCUT2D eigenvalue weighted by Gasteiger charge is -2.28. The average Bonchev–Trinajstić information content (AvgIpc) is 3.49. The Morgan fingerprint density at radius 3 is 1.66 bits per heavy atom. The molecule has 0 aliphatic carbocycles. The van der Waals surface area contributed by atoms with Crippen molar-refractivity contribution in [2.45, 2.75) is 18.8 Å². The minimum absolute atomic E-state index is 0.0371. The maximum atomic E-state index is 10.4. The summed E-state index contributed by atoms with van der Waals surface area (Å²) >= 11 is 0. The highest BCUT2D eigenvalue weighted by molar-refractivity contribution is 5.55. The number of ether oxygens (including phenoxy) is 5. The van der Waals surface area contributed by atoms with Gasteiger partial charge in [-0.2, -0.15) is 0 Å². The highest BCUT2D eigenvalue weighted by Crippen LogP contribution is 2.54. The van der Waals surface area contributed by atoms with Crippen LogP contribution in [0.1, 0.15) is 23.3 Å². The Kier molecular flexibility index (Phi) is 9.32. The van der Waals surface area contributed by atoms with Crippen LogP contribution in [-0.2, 0) is 30.2 Å². The molecule has 0 fully saturated rings. The van der Waals surface area contributed by atoms with Crippen LogP contribution in [0.2, 0.25) is 0 Å². The first-order chi connectivity index (χ1) is 15.6. The van der Waals surface area contributed by atoms with Gasteiger partial charge in [0, 0.05) is 25.0 Å². The van der Waals surface area contributed by atoms with Crippen molar-refractivity contribution in [2.24, 2.45) is 22.6 Å². The third kappa shape index (κ3) is 5.61. The molecular weight excluding hydrogens is 420 g/mol. The average molecular weight is 457 g/mol. The van der Waals surface area contributed by atoms with Crippen LogP contribution >= 0.6 is 0 Å². The van der Waals surface area contributed by atoms with Gasteiger partial charge >= 0.3 is 0 Å². The van der Waals surface area contributed by atoms with E-state index in [0.29, 0.717) is 90.2 Å². The largest absolute Gasteiger partial charge is 0.494 e. The molecule has 0 aromatic carbocycles. The number of fused-ring (bicyclic) bond motifs is 5. The molecule has 2 atom stereocenters. The van der Waals surface area contributed by atoms with E-state index in [2.05, 4.69) is 0 Å². The summed E-state index contributed by atoms with van der Waals surface area (Å²) in [4.78, 5) is 0. The summed E-state index contributed by atoms with van der Waals surface area (Å²) in [6.07, 6.45) is 3.22. The van der Waals surface area contributed by atoms with Crippen LogP contribution in [0.5, 0.6) is 11.8 Å². The number of aromatic hydroxyl groups is 2. The van der Waals surface area contributed by atoms with Gasteiger partial charge in [0.1, 0.15) is 12.2 Å². The fourth-order valence-electron chi connectivity index (χ4n) is 3.71. The summed E-state index contributed by atoms with van der Waals surface area (Å²) in [5, 5.41) is 20.8. The van der Waals surface area contributed by atoms with E-state index in [-0.39, 0.29) is 29.4 Å². The molecule has 2 aliphatic heterocycles. The number of nitrogens with two attached hydrogens (primary N) is 3.